The Balaban J connectivity index is 2.69. The Hall–Kier alpha value is -0.590. The topological polar surface area (TPSA) is 39.1 Å². The molecule has 1 unspecified atom stereocenters. The van der Waals surface area contributed by atoms with Crippen molar-refractivity contribution in [3.8, 4) is 6.07 Å². The van der Waals surface area contributed by atoms with E-state index in [0.717, 1.165) is 26.1 Å². The van der Waals surface area contributed by atoms with Crippen LogP contribution in [-0.4, -0.2) is 36.1 Å². The van der Waals surface area contributed by atoms with Crippen LogP contribution in [0.4, 0.5) is 0 Å². The Morgan fingerprint density at radius 1 is 1.57 bits per heavy atom. The molecule has 14 heavy (non-hydrogen) atoms. The first-order valence-electron chi connectivity index (χ1n) is 5.46. The van der Waals surface area contributed by atoms with Crippen LogP contribution >= 0.6 is 0 Å². The maximum atomic E-state index is 8.77. The molecule has 1 heterocycles. The summed E-state index contributed by atoms with van der Waals surface area (Å²) in [5.41, 5.74) is 0.190. The Kier molecular flexibility index (Phi) is 3.91. The lowest BCUT2D eigenvalue weighted by Gasteiger charge is -2.47. The van der Waals surface area contributed by atoms with E-state index in [9.17, 15) is 0 Å². The Morgan fingerprint density at radius 2 is 2.29 bits per heavy atom. The molecule has 1 fully saturated rings. The molecular weight excluding hydrogens is 174 g/mol. The third-order valence-corrected chi connectivity index (χ3v) is 2.95. The van der Waals surface area contributed by atoms with Crippen LogP contribution in [0.25, 0.3) is 0 Å². The maximum absolute atomic E-state index is 8.77. The average molecular weight is 195 g/mol. The van der Waals surface area contributed by atoms with Crippen molar-refractivity contribution in [3.05, 3.63) is 0 Å². The Morgan fingerprint density at radius 3 is 2.86 bits per heavy atom. The minimum Gasteiger partial charge on any atom is -0.313 e. The summed E-state index contributed by atoms with van der Waals surface area (Å²) in [6, 6.07) is 2.67. The van der Waals surface area contributed by atoms with Crippen molar-refractivity contribution in [1.82, 2.24) is 10.2 Å². The molecule has 1 aliphatic heterocycles. The number of nitriles is 1. The fraction of sp³-hybridized carbons (Fsp3) is 0.909. The van der Waals surface area contributed by atoms with Crippen LogP contribution in [0.5, 0.6) is 0 Å². The summed E-state index contributed by atoms with van der Waals surface area (Å²) >= 11 is 0. The molecule has 0 amide bonds. The summed E-state index contributed by atoms with van der Waals surface area (Å²) in [5, 5.41) is 12.2. The molecule has 3 nitrogen and oxygen atoms in total. The van der Waals surface area contributed by atoms with Gasteiger partial charge < -0.3 is 5.32 Å². The number of piperazine rings is 1. The second kappa shape index (κ2) is 4.77. The van der Waals surface area contributed by atoms with E-state index in [2.05, 4.69) is 37.1 Å². The first-order valence-corrected chi connectivity index (χ1v) is 5.46. The van der Waals surface area contributed by atoms with Crippen LogP contribution in [0.2, 0.25) is 0 Å². The van der Waals surface area contributed by atoms with E-state index >= 15 is 0 Å². The zero-order valence-corrected chi connectivity index (χ0v) is 9.51. The van der Waals surface area contributed by atoms with Gasteiger partial charge in [0.15, 0.2) is 0 Å². The van der Waals surface area contributed by atoms with Crippen LogP contribution in [0.1, 0.15) is 33.6 Å². The van der Waals surface area contributed by atoms with Crippen LogP contribution in [-0.2, 0) is 0 Å². The van der Waals surface area contributed by atoms with Crippen LogP contribution in [0.3, 0.4) is 0 Å². The van der Waals surface area contributed by atoms with E-state index in [1.807, 2.05) is 0 Å². The van der Waals surface area contributed by atoms with Crippen molar-refractivity contribution in [2.45, 2.75) is 45.2 Å². The molecule has 1 saturated heterocycles. The van der Waals surface area contributed by atoms with Gasteiger partial charge in [-0.2, -0.15) is 5.26 Å². The highest BCUT2D eigenvalue weighted by Gasteiger charge is 2.35. The van der Waals surface area contributed by atoms with Crippen LogP contribution in [0.15, 0.2) is 0 Å². The number of nitrogens with zero attached hydrogens (tertiary/aromatic N) is 2. The fourth-order valence-corrected chi connectivity index (χ4v) is 2.26. The molecule has 0 spiro atoms. The molecule has 0 aliphatic carbocycles. The van der Waals surface area contributed by atoms with E-state index in [1.165, 1.54) is 0 Å². The predicted molar refractivity (Wildman–Crippen MR) is 58.0 cm³/mol. The van der Waals surface area contributed by atoms with Gasteiger partial charge in [0.25, 0.3) is 0 Å². The standard InChI is InChI=1S/C11H21N3/c1-4-7-14-10(5-6-12)8-13-9-11(14,2)3/h10,13H,4-5,7-9H2,1-3H3. The average Bonchev–Trinajstić information content (AvgIpc) is 2.11. The zero-order valence-electron chi connectivity index (χ0n) is 9.51. The van der Waals surface area contributed by atoms with Gasteiger partial charge in [0, 0.05) is 24.7 Å². The van der Waals surface area contributed by atoms with Crippen LogP contribution in [0, 0.1) is 11.3 Å². The third kappa shape index (κ3) is 2.46. The van der Waals surface area contributed by atoms with Crippen molar-refractivity contribution < 1.29 is 0 Å². The smallest absolute Gasteiger partial charge is 0.0638 e. The van der Waals surface area contributed by atoms with Gasteiger partial charge >= 0.3 is 0 Å². The number of hydrogen-bond donors (Lipinski definition) is 1. The minimum atomic E-state index is 0.190. The summed E-state index contributed by atoms with van der Waals surface area (Å²) in [5.74, 6) is 0. The SMILES string of the molecule is CCCN1C(CC#N)CNCC1(C)C. The van der Waals surface area contributed by atoms with Crippen molar-refractivity contribution in [2.24, 2.45) is 0 Å². The van der Waals surface area contributed by atoms with Crippen molar-refractivity contribution in [1.29, 1.82) is 5.26 Å². The summed E-state index contributed by atoms with van der Waals surface area (Å²) in [6.45, 7) is 9.77. The minimum absolute atomic E-state index is 0.190. The first kappa shape index (κ1) is 11.5. The molecule has 0 saturated carbocycles. The van der Waals surface area contributed by atoms with Gasteiger partial charge in [0.1, 0.15) is 0 Å². The van der Waals surface area contributed by atoms with E-state index in [0.29, 0.717) is 12.5 Å². The maximum Gasteiger partial charge on any atom is 0.0638 e. The number of rotatable bonds is 3. The highest BCUT2D eigenvalue weighted by atomic mass is 15.3. The molecule has 0 radical (unpaired) electrons. The molecule has 1 atom stereocenters. The number of hydrogen-bond acceptors (Lipinski definition) is 3. The van der Waals surface area contributed by atoms with Gasteiger partial charge in [-0.05, 0) is 26.8 Å². The van der Waals surface area contributed by atoms with Crippen molar-refractivity contribution in [3.63, 3.8) is 0 Å². The molecule has 0 aromatic heterocycles. The van der Waals surface area contributed by atoms with Gasteiger partial charge in [-0.1, -0.05) is 6.92 Å². The third-order valence-electron chi connectivity index (χ3n) is 2.95. The predicted octanol–water partition coefficient (Wildman–Crippen LogP) is 1.36. The van der Waals surface area contributed by atoms with Gasteiger partial charge in [-0.15, -0.1) is 0 Å². The summed E-state index contributed by atoms with van der Waals surface area (Å²) in [6.07, 6.45) is 1.79. The molecule has 0 bridgehead atoms. The lowest BCUT2D eigenvalue weighted by molar-refractivity contribution is 0.0392. The van der Waals surface area contributed by atoms with Gasteiger partial charge in [-0.25, -0.2) is 0 Å². The van der Waals surface area contributed by atoms with Crippen LogP contribution < -0.4 is 5.32 Å². The van der Waals surface area contributed by atoms with E-state index in [4.69, 9.17) is 5.26 Å². The summed E-state index contributed by atoms with van der Waals surface area (Å²) in [7, 11) is 0. The molecule has 1 aliphatic rings. The molecule has 0 aromatic carbocycles. The molecule has 0 aromatic rings. The lowest BCUT2D eigenvalue weighted by Crippen LogP contribution is -2.62. The molecule has 3 heteroatoms. The summed E-state index contributed by atoms with van der Waals surface area (Å²) < 4.78 is 0. The number of nitrogens with one attached hydrogen (secondary N) is 1. The van der Waals surface area contributed by atoms with E-state index < -0.39 is 0 Å². The monoisotopic (exact) mass is 195 g/mol. The highest BCUT2D eigenvalue weighted by Crippen LogP contribution is 2.22. The highest BCUT2D eigenvalue weighted by molar-refractivity contribution is 4.96. The van der Waals surface area contributed by atoms with Gasteiger partial charge in [0.05, 0.1) is 12.5 Å². The molecule has 1 N–H and O–H groups in total. The first-order chi connectivity index (χ1) is 6.61. The molecule has 1 rings (SSSR count). The summed E-state index contributed by atoms with van der Waals surface area (Å²) in [4.78, 5) is 2.48. The fourth-order valence-electron chi connectivity index (χ4n) is 2.26. The van der Waals surface area contributed by atoms with E-state index in [-0.39, 0.29) is 5.54 Å². The van der Waals surface area contributed by atoms with Crippen molar-refractivity contribution >= 4 is 0 Å². The zero-order chi connectivity index (χ0) is 10.6. The van der Waals surface area contributed by atoms with Gasteiger partial charge in [-0.3, -0.25) is 4.90 Å². The van der Waals surface area contributed by atoms with E-state index in [1.54, 1.807) is 0 Å². The normalized spacial score (nSPS) is 27.1. The second-order valence-electron chi connectivity index (χ2n) is 4.65. The lowest BCUT2D eigenvalue weighted by atomic mass is 9.95. The second-order valence-corrected chi connectivity index (χ2v) is 4.65. The quantitative estimate of drug-likeness (QED) is 0.739. The Bertz CT molecular complexity index is 217. The molecular formula is C11H21N3. The Labute approximate surface area is 87.1 Å². The van der Waals surface area contributed by atoms with Crippen molar-refractivity contribution in [2.75, 3.05) is 19.6 Å². The van der Waals surface area contributed by atoms with Gasteiger partial charge in [0.2, 0.25) is 0 Å². The largest absolute Gasteiger partial charge is 0.313 e. The molecule has 80 valence electrons.